The Hall–Kier alpha value is -3.51. The highest BCUT2D eigenvalue weighted by Gasteiger charge is 2.29. The molecule has 0 aromatic heterocycles. The highest BCUT2D eigenvalue weighted by atomic mass is 35.5. The zero-order valence-electron chi connectivity index (χ0n) is 17.8. The molecular formula is C25H24ClN3O3. The first-order chi connectivity index (χ1) is 15.5. The van der Waals surface area contributed by atoms with Crippen LogP contribution in [0.5, 0.6) is 5.75 Å². The Morgan fingerprint density at radius 2 is 1.78 bits per heavy atom. The Kier molecular flexibility index (Phi) is 6.61. The number of amides is 3. The van der Waals surface area contributed by atoms with Crippen molar-refractivity contribution in [1.29, 1.82) is 0 Å². The first-order valence-electron chi connectivity index (χ1n) is 10.4. The maximum atomic E-state index is 13.3. The van der Waals surface area contributed by atoms with E-state index in [4.69, 9.17) is 16.3 Å². The van der Waals surface area contributed by atoms with Gasteiger partial charge in [-0.1, -0.05) is 41.9 Å². The van der Waals surface area contributed by atoms with Crippen molar-refractivity contribution in [1.82, 2.24) is 4.90 Å². The number of carbonyl (C=O) groups excluding carboxylic acids is 2. The fourth-order valence-electron chi connectivity index (χ4n) is 3.73. The summed E-state index contributed by atoms with van der Waals surface area (Å²) in [4.78, 5) is 29.7. The van der Waals surface area contributed by atoms with Crippen LogP contribution in [0.2, 0.25) is 5.02 Å². The third-order valence-corrected chi connectivity index (χ3v) is 5.63. The molecule has 1 aliphatic heterocycles. The number of nitrogens with zero attached hydrogens (tertiary/aromatic N) is 2. The lowest BCUT2D eigenvalue weighted by Crippen LogP contribution is -2.49. The summed E-state index contributed by atoms with van der Waals surface area (Å²) in [6.45, 7) is 1.80. The Labute approximate surface area is 192 Å². The average Bonchev–Trinajstić information content (AvgIpc) is 2.82. The van der Waals surface area contributed by atoms with E-state index < -0.39 is 0 Å². The molecule has 3 aromatic carbocycles. The molecule has 7 heteroatoms. The topological polar surface area (TPSA) is 61.9 Å². The molecule has 1 N–H and O–H groups in total. The first kappa shape index (κ1) is 21.7. The Morgan fingerprint density at radius 3 is 2.50 bits per heavy atom. The molecule has 0 bridgehead atoms. The van der Waals surface area contributed by atoms with Crippen LogP contribution >= 0.6 is 11.6 Å². The molecule has 3 amide bonds. The van der Waals surface area contributed by atoms with E-state index in [0.717, 1.165) is 12.0 Å². The highest BCUT2D eigenvalue weighted by molar-refractivity contribution is 6.30. The van der Waals surface area contributed by atoms with E-state index in [1.165, 1.54) is 0 Å². The Morgan fingerprint density at radius 1 is 1.03 bits per heavy atom. The van der Waals surface area contributed by atoms with E-state index in [2.05, 4.69) is 5.32 Å². The summed E-state index contributed by atoms with van der Waals surface area (Å²) in [7, 11) is 1.56. The van der Waals surface area contributed by atoms with Gasteiger partial charge in [0, 0.05) is 36.3 Å². The van der Waals surface area contributed by atoms with Gasteiger partial charge < -0.3 is 15.0 Å². The normalized spacial score (nSPS) is 13.8. The number of methoxy groups -OCH3 is 1. The number of hydrogen-bond donors (Lipinski definition) is 1. The molecule has 0 saturated carbocycles. The van der Waals surface area contributed by atoms with Gasteiger partial charge in [0.25, 0.3) is 5.91 Å². The fourth-order valence-corrected chi connectivity index (χ4v) is 3.86. The maximum Gasteiger partial charge on any atom is 0.324 e. The fraction of sp³-hybridized carbons (Fsp3) is 0.200. The van der Waals surface area contributed by atoms with Crippen molar-refractivity contribution in [2.24, 2.45) is 0 Å². The molecule has 32 heavy (non-hydrogen) atoms. The number of ether oxygens (including phenoxy) is 1. The van der Waals surface area contributed by atoms with Gasteiger partial charge in [-0.3, -0.25) is 9.69 Å². The molecule has 0 atom stereocenters. The van der Waals surface area contributed by atoms with Gasteiger partial charge in [0.05, 0.1) is 18.5 Å². The van der Waals surface area contributed by atoms with Gasteiger partial charge in [0.1, 0.15) is 5.75 Å². The second kappa shape index (κ2) is 9.75. The quantitative estimate of drug-likeness (QED) is 0.545. The molecule has 0 radical (unpaired) electrons. The standard InChI is InChI=1S/C25H24ClN3O3/c1-32-21-12-13-23(22(16-21)27-24(30)19-8-10-20(26)11-9-19)29-15-5-14-28(25(29)31)17-18-6-3-2-4-7-18/h2-4,6-13,16H,5,14-15,17H2,1H3,(H,27,30). The van der Waals surface area contributed by atoms with Gasteiger partial charge in [0.2, 0.25) is 0 Å². The zero-order valence-corrected chi connectivity index (χ0v) is 18.5. The summed E-state index contributed by atoms with van der Waals surface area (Å²) in [6, 6.07) is 21.8. The summed E-state index contributed by atoms with van der Waals surface area (Å²) in [5, 5.41) is 3.49. The van der Waals surface area contributed by atoms with Crippen LogP contribution < -0.4 is 15.0 Å². The van der Waals surface area contributed by atoms with Gasteiger partial charge in [-0.15, -0.1) is 0 Å². The number of urea groups is 1. The average molecular weight is 450 g/mol. The van der Waals surface area contributed by atoms with Crippen LogP contribution in [0.4, 0.5) is 16.2 Å². The predicted octanol–water partition coefficient (Wildman–Crippen LogP) is 5.43. The Balaban J connectivity index is 1.60. The molecule has 0 aliphatic carbocycles. The molecule has 4 rings (SSSR count). The summed E-state index contributed by atoms with van der Waals surface area (Å²) >= 11 is 5.93. The van der Waals surface area contributed by atoms with Crippen LogP contribution in [-0.2, 0) is 6.54 Å². The molecule has 1 heterocycles. The van der Waals surface area contributed by atoms with Crippen molar-refractivity contribution >= 4 is 34.9 Å². The molecule has 1 aliphatic rings. The molecular weight excluding hydrogens is 426 g/mol. The summed E-state index contributed by atoms with van der Waals surface area (Å²) < 4.78 is 5.34. The molecule has 0 unspecified atom stereocenters. The number of carbonyl (C=O) groups is 2. The van der Waals surface area contributed by atoms with E-state index in [0.29, 0.717) is 47.3 Å². The van der Waals surface area contributed by atoms with E-state index in [-0.39, 0.29) is 11.9 Å². The molecule has 6 nitrogen and oxygen atoms in total. The molecule has 1 fully saturated rings. The van der Waals surface area contributed by atoms with Gasteiger partial charge >= 0.3 is 6.03 Å². The zero-order chi connectivity index (χ0) is 22.5. The monoisotopic (exact) mass is 449 g/mol. The molecule has 3 aromatic rings. The molecule has 164 valence electrons. The molecule has 1 saturated heterocycles. The summed E-state index contributed by atoms with van der Waals surface area (Å²) in [5.41, 5.74) is 2.70. The van der Waals surface area contributed by atoms with Gasteiger partial charge in [-0.2, -0.15) is 0 Å². The van der Waals surface area contributed by atoms with Crippen LogP contribution in [0.15, 0.2) is 72.8 Å². The SMILES string of the molecule is COc1ccc(N2CCCN(Cc3ccccc3)C2=O)c(NC(=O)c2ccc(Cl)cc2)c1. The smallest absolute Gasteiger partial charge is 0.324 e. The third kappa shape index (κ3) is 4.86. The summed E-state index contributed by atoms with van der Waals surface area (Å²) in [6.07, 6.45) is 0.829. The van der Waals surface area contributed by atoms with E-state index in [9.17, 15) is 9.59 Å². The minimum atomic E-state index is -0.290. The minimum Gasteiger partial charge on any atom is -0.497 e. The number of halogens is 1. The van der Waals surface area contributed by atoms with Crippen LogP contribution in [0.25, 0.3) is 0 Å². The van der Waals surface area contributed by atoms with Crippen molar-refractivity contribution in [2.75, 3.05) is 30.4 Å². The van der Waals surface area contributed by atoms with Crippen molar-refractivity contribution < 1.29 is 14.3 Å². The largest absolute Gasteiger partial charge is 0.497 e. The Bertz CT molecular complexity index is 1100. The number of benzene rings is 3. The van der Waals surface area contributed by atoms with E-state index >= 15 is 0 Å². The number of rotatable bonds is 6. The third-order valence-electron chi connectivity index (χ3n) is 5.38. The predicted molar refractivity (Wildman–Crippen MR) is 127 cm³/mol. The van der Waals surface area contributed by atoms with Crippen LogP contribution in [-0.4, -0.2) is 37.0 Å². The van der Waals surface area contributed by atoms with Crippen molar-refractivity contribution in [2.45, 2.75) is 13.0 Å². The summed E-state index contributed by atoms with van der Waals surface area (Å²) in [5.74, 6) is 0.299. The van der Waals surface area contributed by atoms with Crippen molar-refractivity contribution in [3.8, 4) is 5.75 Å². The van der Waals surface area contributed by atoms with E-state index in [1.54, 1.807) is 54.5 Å². The molecule has 0 spiro atoms. The highest BCUT2D eigenvalue weighted by Crippen LogP contribution is 2.33. The number of nitrogens with one attached hydrogen (secondary N) is 1. The van der Waals surface area contributed by atoms with Gasteiger partial charge in [0.15, 0.2) is 0 Å². The van der Waals surface area contributed by atoms with Gasteiger partial charge in [-0.25, -0.2) is 4.79 Å². The lowest BCUT2D eigenvalue weighted by molar-refractivity contribution is 0.102. The minimum absolute atomic E-state index is 0.0905. The second-order valence-electron chi connectivity index (χ2n) is 7.54. The second-order valence-corrected chi connectivity index (χ2v) is 7.98. The maximum absolute atomic E-state index is 13.3. The lowest BCUT2D eigenvalue weighted by atomic mass is 10.1. The van der Waals surface area contributed by atoms with Gasteiger partial charge in [-0.05, 0) is 48.4 Å². The number of hydrogen-bond acceptors (Lipinski definition) is 3. The lowest BCUT2D eigenvalue weighted by Gasteiger charge is -2.36. The van der Waals surface area contributed by atoms with Crippen LogP contribution in [0.1, 0.15) is 22.3 Å². The number of anilines is 2. The van der Waals surface area contributed by atoms with Crippen molar-refractivity contribution in [3.63, 3.8) is 0 Å². The first-order valence-corrected chi connectivity index (χ1v) is 10.8. The van der Waals surface area contributed by atoms with Crippen molar-refractivity contribution in [3.05, 3.63) is 88.9 Å². The van der Waals surface area contributed by atoms with E-state index in [1.807, 2.05) is 35.2 Å². The van der Waals surface area contributed by atoms with Crippen LogP contribution in [0, 0.1) is 0 Å². The van der Waals surface area contributed by atoms with Crippen LogP contribution in [0.3, 0.4) is 0 Å².